The minimum absolute atomic E-state index is 0.0229. The lowest BCUT2D eigenvalue weighted by atomic mass is 9.83. The van der Waals surface area contributed by atoms with Gasteiger partial charge in [-0.15, -0.1) is 5.10 Å². The number of nitrogens with zero attached hydrogens (tertiary/aromatic N) is 4. The van der Waals surface area contributed by atoms with E-state index in [1.54, 1.807) is 6.07 Å². The quantitative estimate of drug-likeness (QED) is 0.817. The Morgan fingerprint density at radius 3 is 2.60 bits per heavy atom. The van der Waals surface area contributed by atoms with Gasteiger partial charge in [-0.25, -0.2) is 4.68 Å². The highest BCUT2D eigenvalue weighted by Gasteiger charge is 2.33. The third-order valence-electron chi connectivity index (χ3n) is 4.23. The van der Waals surface area contributed by atoms with Crippen molar-refractivity contribution in [2.45, 2.75) is 44.6 Å². The van der Waals surface area contributed by atoms with Crippen molar-refractivity contribution in [3.8, 4) is 11.4 Å². The summed E-state index contributed by atoms with van der Waals surface area (Å²) in [4.78, 5) is 0. The van der Waals surface area contributed by atoms with Crippen molar-refractivity contribution in [2.24, 2.45) is 0 Å². The second-order valence-corrected chi connectivity index (χ2v) is 5.82. The van der Waals surface area contributed by atoms with Crippen LogP contribution in [-0.4, -0.2) is 20.2 Å². The highest BCUT2D eigenvalue weighted by molar-refractivity contribution is 5.74. The Balaban J connectivity index is 2.05. The third kappa shape index (κ3) is 2.11. The standard InChI is InChI=1S/C14H20N6/c1-14(7-3-2-4-8-14)20-13(17-18-19-20)11-6-5-10(15)9-12(11)16/h5-6,9H,2-4,7-8,15-16H2,1H3. The maximum atomic E-state index is 6.07. The van der Waals surface area contributed by atoms with Gasteiger partial charge < -0.3 is 11.5 Å². The summed E-state index contributed by atoms with van der Waals surface area (Å²) < 4.78 is 1.94. The molecular formula is C14H20N6. The summed E-state index contributed by atoms with van der Waals surface area (Å²) in [6, 6.07) is 5.46. The van der Waals surface area contributed by atoms with Gasteiger partial charge in [-0.05, 0) is 48.4 Å². The van der Waals surface area contributed by atoms with Gasteiger partial charge in [0, 0.05) is 16.9 Å². The van der Waals surface area contributed by atoms with Crippen LogP contribution in [0.5, 0.6) is 0 Å². The van der Waals surface area contributed by atoms with E-state index in [0.29, 0.717) is 11.4 Å². The number of rotatable bonds is 2. The molecule has 2 aromatic rings. The summed E-state index contributed by atoms with van der Waals surface area (Å²) >= 11 is 0. The molecule has 0 atom stereocenters. The lowest BCUT2D eigenvalue weighted by Crippen LogP contribution is -2.34. The van der Waals surface area contributed by atoms with E-state index in [-0.39, 0.29) is 5.54 Å². The molecule has 1 aliphatic rings. The zero-order valence-electron chi connectivity index (χ0n) is 11.7. The summed E-state index contributed by atoms with van der Waals surface area (Å²) in [6.07, 6.45) is 5.91. The molecule has 0 bridgehead atoms. The molecule has 3 rings (SSSR count). The van der Waals surface area contributed by atoms with Gasteiger partial charge in [-0.1, -0.05) is 19.3 Å². The lowest BCUT2D eigenvalue weighted by molar-refractivity contribution is 0.197. The van der Waals surface area contributed by atoms with Gasteiger partial charge in [0.1, 0.15) is 0 Å². The van der Waals surface area contributed by atoms with E-state index in [9.17, 15) is 0 Å². The number of anilines is 2. The van der Waals surface area contributed by atoms with Gasteiger partial charge in [0.2, 0.25) is 0 Å². The fourth-order valence-electron chi connectivity index (χ4n) is 3.03. The molecule has 1 heterocycles. The van der Waals surface area contributed by atoms with Gasteiger partial charge in [-0.2, -0.15) is 0 Å². The summed E-state index contributed by atoms with van der Waals surface area (Å²) in [5, 5.41) is 12.3. The van der Waals surface area contributed by atoms with Crippen molar-refractivity contribution >= 4 is 11.4 Å². The Kier molecular flexibility index (Phi) is 3.08. The van der Waals surface area contributed by atoms with Gasteiger partial charge >= 0.3 is 0 Å². The van der Waals surface area contributed by atoms with Crippen molar-refractivity contribution < 1.29 is 0 Å². The number of nitrogen functional groups attached to an aromatic ring is 2. The molecule has 20 heavy (non-hydrogen) atoms. The number of nitrogens with two attached hydrogens (primary N) is 2. The highest BCUT2D eigenvalue weighted by Crippen LogP contribution is 2.37. The average molecular weight is 272 g/mol. The predicted molar refractivity (Wildman–Crippen MR) is 78.8 cm³/mol. The van der Waals surface area contributed by atoms with Crippen LogP contribution < -0.4 is 11.5 Å². The van der Waals surface area contributed by atoms with Crippen molar-refractivity contribution in [1.82, 2.24) is 20.2 Å². The maximum absolute atomic E-state index is 6.07. The van der Waals surface area contributed by atoms with Crippen LogP contribution in [0.25, 0.3) is 11.4 Å². The van der Waals surface area contributed by atoms with E-state index in [2.05, 4.69) is 22.4 Å². The first kappa shape index (κ1) is 12.9. The van der Waals surface area contributed by atoms with Crippen LogP contribution in [0.2, 0.25) is 0 Å². The topological polar surface area (TPSA) is 95.6 Å². The van der Waals surface area contributed by atoms with E-state index in [4.69, 9.17) is 11.5 Å². The Morgan fingerprint density at radius 1 is 1.15 bits per heavy atom. The van der Waals surface area contributed by atoms with Crippen molar-refractivity contribution in [1.29, 1.82) is 0 Å². The molecule has 1 aliphatic carbocycles. The van der Waals surface area contributed by atoms with Gasteiger partial charge in [0.05, 0.1) is 5.54 Å². The molecule has 1 saturated carbocycles. The fourth-order valence-corrected chi connectivity index (χ4v) is 3.03. The van der Waals surface area contributed by atoms with Crippen LogP contribution in [0.4, 0.5) is 11.4 Å². The number of hydrogen-bond donors (Lipinski definition) is 2. The molecule has 0 unspecified atom stereocenters. The van der Waals surface area contributed by atoms with Crippen LogP contribution in [0.15, 0.2) is 18.2 Å². The monoisotopic (exact) mass is 272 g/mol. The second-order valence-electron chi connectivity index (χ2n) is 5.82. The first-order valence-electron chi connectivity index (χ1n) is 7.04. The Labute approximate surface area is 118 Å². The Bertz CT molecular complexity index is 612. The van der Waals surface area contributed by atoms with Crippen LogP contribution in [0.3, 0.4) is 0 Å². The molecule has 1 fully saturated rings. The second kappa shape index (κ2) is 4.77. The molecule has 0 spiro atoms. The predicted octanol–water partition coefficient (Wildman–Crippen LogP) is 2.18. The van der Waals surface area contributed by atoms with E-state index < -0.39 is 0 Å². The minimum atomic E-state index is -0.0229. The normalized spacial score (nSPS) is 18.1. The molecule has 1 aromatic carbocycles. The summed E-state index contributed by atoms with van der Waals surface area (Å²) in [6.45, 7) is 2.22. The third-order valence-corrected chi connectivity index (χ3v) is 4.23. The van der Waals surface area contributed by atoms with Crippen LogP contribution >= 0.6 is 0 Å². The maximum Gasteiger partial charge on any atom is 0.184 e. The summed E-state index contributed by atoms with van der Waals surface area (Å²) in [5.74, 6) is 0.729. The summed E-state index contributed by atoms with van der Waals surface area (Å²) in [7, 11) is 0. The minimum Gasteiger partial charge on any atom is -0.399 e. The fraction of sp³-hybridized carbons (Fsp3) is 0.500. The smallest absolute Gasteiger partial charge is 0.184 e. The van der Waals surface area contributed by atoms with Gasteiger partial charge in [0.25, 0.3) is 0 Å². The SMILES string of the molecule is CC1(n2nnnc2-c2ccc(N)cc2N)CCCCC1. The molecule has 0 saturated heterocycles. The molecule has 1 aromatic heterocycles. The van der Waals surface area contributed by atoms with Gasteiger partial charge in [-0.3, -0.25) is 0 Å². The molecule has 0 radical (unpaired) electrons. The Morgan fingerprint density at radius 2 is 1.90 bits per heavy atom. The van der Waals surface area contributed by atoms with E-state index >= 15 is 0 Å². The number of hydrogen-bond acceptors (Lipinski definition) is 5. The number of aromatic nitrogens is 4. The highest BCUT2D eigenvalue weighted by atomic mass is 15.6. The first-order chi connectivity index (χ1) is 9.60. The van der Waals surface area contributed by atoms with Crippen molar-refractivity contribution in [3.63, 3.8) is 0 Å². The lowest BCUT2D eigenvalue weighted by Gasteiger charge is -2.34. The number of tetrazole rings is 1. The van der Waals surface area contributed by atoms with Crippen LogP contribution in [-0.2, 0) is 5.54 Å². The molecule has 4 N–H and O–H groups in total. The first-order valence-corrected chi connectivity index (χ1v) is 7.04. The van der Waals surface area contributed by atoms with Gasteiger partial charge in [0.15, 0.2) is 5.82 Å². The molecular weight excluding hydrogens is 252 g/mol. The van der Waals surface area contributed by atoms with E-state index in [0.717, 1.165) is 24.2 Å². The van der Waals surface area contributed by atoms with Crippen LogP contribution in [0.1, 0.15) is 39.0 Å². The largest absolute Gasteiger partial charge is 0.399 e. The summed E-state index contributed by atoms with van der Waals surface area (Å²) in [5.41, 5.74) is 13.9. The molecule has 6 nitrogen and oxygen atoms in total. The molecule has 0 amide bonds. The average Bonchev–Trinajstić information content (AvgIpc) is 2.89. The van der Waals surface area contributed by atoms with E-state index in [1.807, 2.05) is 16.8 Å². The molecule has 0 aliphatic heterocycles. The van der Waals surface area contributed by atoms with Crippen LogP contribution in [0, 0.1) is 0 Å². The molecule has 6 heteroatoms. The van der Waals surface area contributed by atoms with E-state index in [1.165, 1.54) is 19.3 Å². The zero-order chi connectivity index (χ0) is 14.2. The van der Waals surface area contributed by atoms with Crippen molar-refractivity contribution in [3.05, 3.63) is 18.2 Å². The molecule has 106 valence electrons. The Hall–Kier alpha value is -2.11. The number of benzene rings is 1. The van der Waals surface area contributed by atoms with Crippen molar-refractivity contribution in [2.75, 3.05) is 11.5 Å². The zero-order valence-corrected chi connectivity index (χ0v) is 11.7.